The minimum Gasteiger partial charge on any atom is -0.341 e. The van der Waals surface area contributed by atoms with Crippen LogP contribution in [0.25, 0.3) is 0 Å². The van der Waals surface area contributed by atoms with Crippen molar-refractivity contribution in [2.45, 2.75) is 30.6 Å². The maximum atomic E-state index is 13.8. The summed E-state index contributed by atoms with van der Waals surface area (Å²) >= 11 is 0. The number of amides is 1. The Bertz CT molecular complexity index is 788. The fraction of sp³-hybridized carbons (Fsp3) is 0.409. The van der Waals surface area contributed by atoms with E-state index in [1.807, 2.05) is 29.2 Å². The molecule has 2 aliphatic rings. The molecule has 2 aromatic rings. The van der Waals surface area contributed by atoms with Crippen LogP contribution in [0, 0.1) is 11.7 Å². The average Bonchev–Trinajstić information content (AvgIpc) is 3.06. The third-order valence-corrected chi connectivity index (χ3v) is 6.25. The monoisotopic (exact) mass is 352 g/mol. The highest BCUT2D eigenvalue weighted by Gasteiger charge is 2.50. The number of hydrogen-bond acceptors (Lipinski definition) is 2. The van der Waals surface area contributed by atoms with Gasteiger partial charge in [0.2, 0.25) is 5.91 Å². The highest BCUT2D eigenvalue weighted by atomic mass is 19.1. The Hall–Kier alpha value is -2.20. The van der Waals surface area contributed by atoms with Gasteiger partial charge in [0.1, 0.15) is 5.82 Å². The molecule has 136 valence electrons. The number of nitrogens with zero attached hydrogens (tertiary/aromatic N) is 1. The molecule has 2 fully saturated rings. The number of benzene rings is 2. The third-order valence-electron chi connectivity index (χ3n) is 6.25. The number of carbonyl (C=O) groups is 1. The van der Waals surface area contributed by atoms with Crippen LogP contribution in [0.1, 0.15) is 36.3 Å². The van der Waals surface area contributed by atoms with E-state index in [1.165, 1.54) is 17.7 Å². The van der Waals surface area contributed by atoms with Gasteiger partial charge in [-0.3, -0.25) is 4.79 Å². The molecule has 1 heterocycles. The fourth-order valence-electron chi connectivity index (χ4n) is 4.60. The third kappa shape index (κ3) is 2.82. The van der Waals surface area contributed by atoms with Crippen LogP contribution >= 0.6 is 0 Å². The molecule has 1 saturated heterocycles. The molecular formula is C22H25FN2O. The first-order valence-electron chi connectivity index (χ1n) is 9.44. The van der Waals surface area contributed by atoms with Gasteiger partial charge in [0.15, 0.2) is 0 Å². The first-order valence-corrected chi connectivity index (χ1v) is 9.44. The molecule has 4 rings (SSSR count). The summed E-state index contributed by atoms with van der Waals surface area (Å²) in [5.41, 5.74) is 7.54. The van der Waals surface area contributed by atoms with Crippen molar-refractivity contribution in [3.05, 3.63) is 71.5 Å². The van der Waals surface area contributed by atoms with E-state index < -0.39 is 5.41 Å². The highest BCUT2D eigenvalue weighted by molar-refractivity contribution is 5.89. The standard InChI is InChI=1S/C22H25FN2O/c23-19-9-4-8-18(12-19)22(10-5-11-22)21(26)25-14-17(13-24)20(15-25)16-6-2-1-3-7-16/h1-4,6-9,12,17,20H,5,10-11,13-15,24H2/t17-,20+/m1/s1. The van der Waals surface area contributed by atoms with Gasteiger partial charge in [0, 0.05) is 19.0 Å². The Kier molecular flexibility index (Phi) is 4.53. The Morgan fingerprint density at radius 3 is 2.50 bits per heavy atom. The molecule has 0 aromatic heterocycles. The molecule has 1 amide bonds. The topological polar surface area (TPSA) is 46.3 Å². The molecule has 2 N–H and O–H groups in total. The molecular weight excluding hydrogens is 327 g/mol. The molecule has 1 aliphatic carbocycles. The molecule has 1 saturated carbocycles. The van der Waals surface area contributed by atoms with Crippen molar-refractivity contribution in [1.82, 2.24) is 4.90 Å². The lowest BCUT2D eigenvalue weighted by Gasteiger charge is -2.43. The van der Waals surface area contributed by atoms with Crippen LogP contribution in [-0.4, -0.2) is 30.4 Å². The lowest BCUT2D eigenvalue weighted by Crippen LogP contribution is -2.50. The van der Waals surface area contributed by atoms with Crippen molar-refractivity contribution in [3.8, 4) is 0 Å². The summed E-state index contributed by atoms with van der Waals surface area (Å²) in [5, 5.41) is 0. The second kappa shape index (κ2) is 6.84. The van der Waals surface area contributed by atoms with Gasteiger partial charge in [-0.25, -0.2) is 4.39 Å². The van der Waals surface area contributed by atoms with Gasteiger partial charge in [0.05, 0.1) is 5.41 Å². The largest absolute Gasteiger partial charge is 0.341 e. The quantitative estimate of drug-likeness (QED) is 0.916. The summed E-state index contributed by atoms with van der Waals surface area (Å²) in [5.74, 6) is 0.414. The summed E-state index contributed by atoms with van der Waals surface area (Å²) in [6.07, 6.45) is 2.61. The van der Waals surface area contributed by atoms with Gasteiger partial charge in [0.25, 0.3) is 0 Å². The van der Waals surface area contributed by atoms with Gasteiger partial charge in [-0.05, 0) is 48.6 Å². The minimum atomic E-state index is -0.549. The van der Waals surface area contributed by atoms with Crippen LogP contribution in [0.4, 0.5) is 4.39 Å². The van der Waals surface area contributed by atoms with Crippen molar-refractivity contribution < 1.29 is 9.18 Å². The molecule has 0 unspecified atom stereocenters. The van der Waals surface area contributed by atoms with Crippen LogP contribution in [0.15, 0.2) is 54.6 Å². The predicted octanol–water partition coefficient (Wildman–Crippen LogP) is 3.45. The van der Waals surface area contributed by atoms with Crippen molar-refractivity contribution in [3.63, 3.8) is 0 Å². The van der Waals surface area contributed by atoms with E-state index in [0.717, 1.165) is 24.8 Å². The smallest absolute Gasteiger partial charge is 0.233 e. The molecule has 3 nitrogen and oxygen atoms in total. The Morgan fingerprint density at radius 2 is 1.88 bits per heavy atom. The number of hydrogen-bond donors (Lipinski definition) is 1. The van der Waals surface area contributed by atoms with Gasteiger partial charge in [-0.2, -0.15) is 0 Å². The first kappa shape index (κ1) is 17.2. The normalized spacial score (nSPS) is 24.3. The number of nitrogens with two attached hydrogens (primary N) is 1. The van der Waals surface area contributed by atoms with Crippen molar-refractivity contribution in [1.29, 1.82) is 0 Å². The summed E-state index contributed by atoms with van der Waals surface area (Å²) in [7, 11) is 0. The molecule has 26 heavy (non-hydrogen) atoms. The summed E-state index contributed by atoms with van der Waals surface area (Å²) in [6.45, 7) is 1.95. The summed E-state index contributed by atoms with van der Waals surface area (Å²) in [6, 6.07) is 16.9. The van der Waals surface area contributed by atoms with Crippen LogP contribution in [0.2, 0.25) is 0 Å². The van der Waals surface area contributed by atoms with E-state index in [9.17, 15) is 9.18 Å². The average molecular weight is 352 g/mol. The molecule has 1 aliphatic heterocycles. The molecule has 2 atom stereocenters. The van der Waals surface area contributed by atoms with Gasteiger partial charge in [-0.15, -0.1) is 0 Å². The molecule has 0 spiro atoms. The van der Waals surface area contributed by atoms with Crippen LogP contribution < -0.4 is 5.73 Å². The Morgan fingerprint density at radius 1 is 1.12 bits per heavy atom. The number of rotatable bonds is 4. The second-order valence-corrected chi connectivity index (χ2v) is 7.67. The number of carbonyl (C=O) groups excluding carboxylic acids is 1. The van der Waals surface area contributed by atoms with Crippen LogP contribution in [0.5, 0.6) is 0 Å². The van der Waals surface area contributed by atoms with E-state index in [0.29, 0.717) is 19.6 Å². The second-order valence-electron chi connectivity index (χ2n) is 7.67. The lowest BCUT2D eigenvalue weighted by atomic mass is 9.63. The maximum absolute atomic E-state index is 13.8. The Balaban J connectivity index is 1.60. The van der Waals surface area contributed by atoms with Crippen LogP contribution in [-0.2, 0) is 10.2 Å². The van der Waals surface area contributed by atoms with Crippen molar-refractivity contribution in [2.75, 3.05) is 19.6 Å². The number of halogens is 1. The maximum Gasteiger partial charge on any atom is 0.233 e. The first-order chi connectivity index (χ1) is 12.6. The summed E-state index contributed by atoms with van der Waals surface area (Å²) < 4.78 is 13.8. The zero-order valence-electron chi connectivity index (χ0n) is 14.9. The molecule has 0 bridgehead atoms. The fourth-order valence-corrected chi connectivity index (χ4v) is 4.60. The highest BCUT2D eigenvalue weighted by Crippen LogP contribution is 2.47. The Labute approximate surface area is 154 Å². The minimum absolute atomic E-state index is 0.145. The van der Waals surface area contributed by atoms with Gasteiger partial charge < -0.3 is 10.6 Å². The molecule has 2 aromatic carbocycles. The van der Waals surface area contributed by atoms with Crippen LogP contribution in [0.3, 0.4) is 0 Å². The molecule has 4 heteroatoms. The van der Waals surface area contributed by atoms with Gasteiger partial charge in [-0.1, -0.05) is 48.9 Å². The van der Waals surface area contributed by atoms with Gasteiger partial charge >= 0.3 is 0 Å². The number of likely N-dealkylation sites (tertiary alicyclic amines) is 1. The lowest BCUT2D eigenvalue weighted by molar-refractivity contribution is -0.140. The van der Waals surface area contributed by atoms with Crippen molar-refractivity contribution in [2.24, 2.45) is 11.7 Å². The van der Waals surface area contributed by atoms with E-state index in [4.69, 9.17) is 5.73 Å². The zero-order valence-corrected chi connectivity index (χ0v) is 14.9. The van der Waals surface area contributed by atoms with E-state index in [-0.39, 0.29) is 23.6 Å². The SMILES string of the molecule is NC[C@@H]1CN(C(=O)C2(c3cccc(F)c3)CCC2)C[C@H]1c1ccccc1. The van der Waals surface area contributed by atoms with E-state index >= 15 is 0 Å². The van der Waals surface area contributed by atoms with E-state index in [2.05, 4.69) is 12.1 Å². The zero-order chi connectivity index (χ0) is 18.1. The summed E-state index contributed by atoms with van der Waals surface area (Å²) in [4.78, 5) is 15.4. The predicted molar refractivity (Wildman–Crippen MR) is 100 cm³/mol. The van der Waals surface area contributed by atoms with Crippen molar-refractivity contribution >= 4 is 5.91 Å². The molecule has 0 radical (unpaired) electrons. The van der Waals surface area contributed by atoms with E-state index in [1.54, 1.807) is 6.07 Å².